The number of benzene rings is 2. The van der Waals surface area contributed by atoms with E-state index < -0.39 is 0 Å². The molecule has 0 amide bonds. The van der Waals surface area contributed by atoms with E-state index in [1.165, 1.54) is 22.5 Å². The monoisotopic (exact) mass is 308 g/mol. The van der Waals surface area contributed by atoms with Crippen molar-refractivity contribution in [3.8, 4) is 0 Å². The van der Waals surface area contributed by atoms with Crippen LogP contribution in [0.1, 0.15) is 50.7 Å². The minimum atomic E-state index is 0.550. The Bertz CT molecular complexity index is 620. The Hall–Kier alpha value is -1.96. The fraction of sp³-hybridized carbons (Fsp3) is 0.429. The van der Waals surface area contributed by atoms with Gasteiger partial charge in [0, 0.05) is 24.5 Å². The van der Waals surface area contributed by atoms with E-state index in [1.54, 1.807) is 0 Å². The van der Waals surface area contributed by atoms with E-state index in [4.69, 9.17) is 0 Å². The Balaban J connectivity index is 1.93. The van der Waals surface area contributed by atoms with Crippen molar-refractivity contribution in [1.29, 1.82) is 0 Å². The molecule has 3 rings (SSSR count). The van der Waals surface area contributed by atoms with Gasteiger partial charge in [0.1, 0.15) is 0 Å². The zero-order valence-corrected chi connectivity index (χ0v) is 14.8. The molecule has 1 saturated heterocycles. The number of rotatable bonds is 4. The third kappa shape index (κ3) is 3.21. The summed E-state index contributed by atoms with van der Waals surface area (Å²) in [7, 11) is 0. The van der Waals surface area contributed by atoms with Gasteiger partial charge in [-0.05, 0) is 35.1 Å². The van der Waals surface area contributed by atoms with E-state index in [9.17, 15) is 0 Å². The largest absolute Gasteiger partial charge is 0.352 e. The number of para-hydroxylation sites is 2. The van der Waals surface area contributed by atoms with Gasteiger partial charge in [0.15, 0.2) is 0 Å². The Morgan fingerprint density at radius 1 is 0.696 bits per heavy atom. The summed E-state index contributed by atoms with van der Waals surface area (Å²) in [6.07, 6.45) is 0. The molecule has 2 aromatic carbocycles. The zero-order valence-electron chi connectivity index (χ0n) is 14.8. The van der Waals surface area contributed by atoms with E-state index in [0.717, 1.165) is 19.8 Å². The summed E-state index contributed by atoms with van der Waals surface area (Å²) in [5, 5.41) is 0. The Kier molecular flexibility index (Phi) is 4.61. The minimum absolute atomic E-state index is 0.550. The van der Waals surface area contributed by atoms with Crippen molar-refractivity contribution in [2.75, 3.05) is 29.6 Å². The molecule has 2 heteroatoms. The van der Waals surface area contributed by atoms with E-state index >= 15 is 0 Å². The van der Waals surface area contributed by atoms with Crippen LogP contribution in [-0.4, -0.2) is 19.8 Å². The fourth-order valence-electron chi connectivity index (χ4n) is 3.50. The molecule has 0 aliphatic carbocycles. The molecule has 0 atom stereocenters. The molecule has 1 aliphatic heterocycles. The van der Waals surface area contributed by atoms with E-state index in [2.05, 4.69) is 86.0 Å². The van der Waals surface area contributed by atoms with Gasteiger partial charge in [0.05, 0.1) is 6.67 Å². The summed E-state index contributed by atoms with van der Waals surface area (Å²) in [5.41, 5.74) is 5.75. The van der Waals surface area contributed by atoms with Crippen LogP contribution in [0.3, 0.4) is 0 Å². The van der Waals surface area contributed by atoms with Crippen LogP contribution in [0.5, 0.6) is 0 Å². The van der Waals surface area contributed by atoms with Gasteiger partial charge in [0.2, 0.25) is 0 Å². The standard InChI is InChI=1S/C21H28N2/c1-16(2)19-11-8-12-20(17(3)4)21(19)23-14-13-22(15-23)18-9-6-5-7-10-18/h5-12,16-17H,13-15H2,1-4H3. The van der Waals surface area contributed by atoms with Crippen LogP contribution in [0.4, 0.5) is 11.4 Å². The van der Waals surface area contributed by atoms with Gasteiger partial charge in [-0.2, -0.15) is 0 Å². The molecule has 0 radical (unpaired) electrons. The average Bonchev–Trinajstić information content (AvgIpc) is 3.04. The maximum absolute atomic E-state index is 2.57. The average molecular weight is 308 g/mol. The van der Waals surface area contributed by atoms with Crippen LogP contribution >= 0.6 is 0 Å². The Morgan fingerprint density at radius 3 is 1.83 bits per heavy atom. The van der Waals surface area contributed by atoms with Crippen molar-refractivity contribution in [2.24, 2.45) is 0 Å². The van der Waals surface area contributed by atoms with E-state index in [1.807, 2.05) is 0 Å². The molecule has 122 valence electrons. The molecule has 1 aliphatic rings. The summed E-state index contributed by atoms with van der Waals surface area (Å²) in [5.74, 6) is 1.10. The maximum atomic E-state index is 2.57. The first-order valence-corrected chi connectivity index (χ1v) is 8.75. The molecule has 0 unspecified atom stereocenters. The summed E-state index contributed by atoms with van der Waals surface area (Å²) in [6.45, 7) is 12.4. The van der Waals surface area contributed by atoms with Gasteiger partial charge in [-0.25, -0.2) is 0 Å². The molecule has 0 spiro atoms. The first-order valence-electron chi connectivity index (χ1n) is 8.75. The molecule has 2 aromatic rings. The number of hydrogen-bond donors (Lipinski definition) is 0. The van der Waals surface area contributed by atoms with Gasteiger partial charge in [-0.15, -0.1) is 0 Å². The second-order valence-corrected chi connectivity index (χ2v) is 7.10. The van der Waals surface area contributed by atoms with Gasteiger partial charge < -0.3 is 9.80 Å². The first-order chi connectivity index (χ1) is 11.1. The molecule has 2 nitrogen and oxygen atoms in total. The molecule has 1 fully saturated rings. The normalized spacial score (nSPS) is 15.0. The number of hydrogen-bond acceptors (Lipinski definition) is 2. The molecule has 0 saturated carbocycles. The molecule has 23 heavy (non-hydrogen) atoms. The van der Waals surface area contributed by atoms with Crippen LogP contribution < -0.4 is 9.80 Å². The van der Waals surface area contributed by atoms with Crippen LogP contribution in [0.15, 0.2) is 48.5 Å². The van der Waals surface area contributed by atoms with Crippen LogP contribution in [0.25, 0.3) is 0 Å². The van der Waals surface area contributed by atoms with Crippen molar-refractivity contribution >= 4 is 11.4 Å². The second-order valence-electron chi connectivity index (χ2n) is 7.10. The van der Waals surface area contributed by atoms with Gasteiger partial charge in [-0.1, -0.05) is 64.1 Å². The van der Waals surface area contributed by atoms with Gasteiger partial charge >= 0.3 is 0 Å². The van der Waals surface area contributed by atoms with Crippen LogP contribution in [0, 0.1) is 0 Å². The summed E-state index contributed by atoms with van der Waals surface area (Å²) in [4.78, 5) is 5.04. The van der Waals surface area contributed by atoms with Gasteiger partial charge in [-0.3, -0.25) is 0 Å². The highest BCUT2D eigenvalue weighted by molar-refractivity contribution is 5.64. The predicted molar refractivity (Wildman–Crippen MR) is 101 cm³/mol. The molecule has 0 aromatic heterocycles. The van der Waals surface area contributed by atoms with Crippen molar-refractivity contribution in [2.45, 2.75) is 39.5 Å². The predicted octanol–water partition coefficient (Wildman–Crippen LogP) is 5.22. The fourth-order valence-corrected chi connectivity index (χ4v) is 3.50. The van der Waals surface area contributed by atoms with Crippen molar-refractivity contribution in [3.63, 3.8) is 0 Å². The first kappa shape index (κ1) is 15.9. The summed E-state index contributed by atoms with van der Waals surface area (Å²) < 4.78 is 0. The molecule has 0 bridgehead atoms. The van der Waals surface area contributed by atoms with Gasteiger partial charge in [0.25, 0.3) is 0 Å². The Labute approximate surface area is 140 Å². The van der Waals surface area contributed by atoms with Crippen LogP contribution in [-0.2, 0) is 0 Å². The van der Waals surface area contributed by atoms with Crippen LogP contribution in [0.2, 0.25) is 0 Å². The second kappa shape index (κ2) is 6.66. The lowest BCUT2D eigenvalue weighted by Crippen LogP contribution is -2.27. The SMILES string of the molecule is CC(C)c1cccc(C(C)C)c1N1CCN(c2ccccc2)C1. The number of anilines is 2. The number of nitrogens with zero attached hydrogens (tertiary/aromatic N) is 2. The quantitative estimate of drug-likeness (QED) is 0.764. The van der Waals surface area contributed by atoms with E-state index in [0.29, 0.717) is 11.8 Å². The third-order valence-electron chi connectivity index (χ3n) is 4.76. The lowest BCUT2D eigenvalue weighted by molar-refractivity contribution is 0.808. The summed E-state index contributed by atoms with van der Waals surface area (Å²) in [6, 6.07) is 17.6. The van der Waals surface area contributed by atoms with E-state index in [-0.39, 0.29) is 0 Å². The highest BCUT2D eigenvalue weighted by Crippen LogP contribution is 2.36. The Morgan fingerprint density at radius 2 is 1.26 bits per heavy atom. The van der Waals surface area contributed by atoms with Crippen molar-refractivity contribution in [3.05, 3.63) is 59.7 Å². The molecule has 1 heterocycles. The third-order valence-corrected chi connectivity index (χ3v) is 4.76. The lowest BCUT2D eigenvalue weighted by Gasteiger charge is -2.28. The topological polar surface area (TPSA) is 6.48 Å². The molecular formula is C21H28N2. The summed E-state index contributed by atoms with van der Waals surface area (Å²) >= 11 is 0. The maximum Gasteiger partial charge on any atom is 0.0904 e. The highest BCUT2D eigenvalue weighted by atomic mass is 15.4. The molecular weight excluding hydrogens is 280 g/mol. The lowest BCUT2D eigenvalue weighted by atomic mass is 9.92. The smallest absolute Gasteiger partial charge is 0.0904 e. The molecule has 0 N–H and O–H groups in total. The highest BCUT2D eigenvalue weighted by Gasteiger charge is 2.25. The van der Waals surface area contributed by atoms with Crippen molar-refractivity contribution < 1.29 is 0 Å². The minimum Gasteiger partial charge on any atom is -0.352 e. The zero-order chi connectivity index (χ0) is 16.4. The van der Waals surface area contributed by atoms with Crippen molar-refractivity contribution in [1.82, 2.24) is 0 Å².